The number of carbonyl (C=O) groups is 1. The van der Waals surface area contributed by atoms with E-state index in [1.165, 1.54) is 23.8 Å². The van der Waals surface area contributed by atoms with Crippen LogP contribution in [0.4, 0.5) is 11.5 Å². The molecule has 1 N–H and O–H groups in total. The topological polar surface area (TPSA) is 56.1 Å². The van der Waals surface area contributed by atoms with Crippen molar-refractivity contribution in [3.8, 4) is 11.1 Å². The molecule has 0 radical (unpaired) electrons. The predicted molar refractivity (Wildman–Crippen MR) is 124 cm³/mol. The molecule has 5 rings (SSSR count). The Morgan fingerprint density at radius 1 is 1.13 bits per heavy atom. The molecule has 0 unspecified atom stereocenters. The monoisotopic (exact) mass is 411 g/mol. The van der Waals surface area contributed by atoms with E-state index in [4.69, 9.17) is 4.74 Å². The van der Waals surface area contributed by atoms with Crippen LogP contribution in [0.25, 0.3) is 22.0 Å². The molecule has 1 aliphatic rings. The molecule has 1 aliphatic carbocycles. The van der Waals surface area contributed by atoms with Crippen molar-refractivity contribution >= 4 is 28.4 Å². The van der Waals surface area contributed by atoms with Gasteiger partial charge >= 0.3 is 5.97 Å². The molecule has 0 saturated heterocycles. The lowest BCUT2D eigenvalue weighted by atomic mass is 10.00. The first-order valence-electron chi connectivity index (χ1n) is 10.6. The van der Waals surface area contributed by atoms with Crippen molar-refractivity contribution in [2.75, 3.05) is 12.4 Å². The molecule has 0 atom stereocenters. The van der Waals surface area contributed by atoms with Gasteiger partial charge in [-0.3, -0.25) is 0 Å². The molecule has 2 aromatic carbocycles. The minimum Gasteiger partial charge on any atom is -0.465 e. The average Bonchev–Trinajstić information content (AvgIpc) is 3.58. The molecule has 1 saturated carbocycles. The van der Waals surface area contributed by atoms with Crippen LogP contribution < -0.4 is 5.32 Å². The number of nitrogens with one attached hydrogen (secondary N) is 1. The van der Waals surface area contributed by atoms with Crippen LogP contribution in [-0.2, 0) is 11.8 Å². The van der Waals surface area contributed by atoms with Crippen LogP contribution in [0.5, 0.6) is 0 Å². The zero-order valence-electron chi connectivity index (χ0n) is 18.0. The molecule has 0 spiro atoms. The highest BCUT2D eigenvalue weighted by atomic mass is 16.5. The summed E-state index contributed by atoms with van der Waals surface area (Å²) in [7, 11) is 3.46. The number of fused-ring (bicyclic) bond motifs is 1. The highest BCUT2D eigenvalue weighted by Crippen LogP contribution is 2.41. The maximum absolute atomic E-state index is 12.4. The Hall–Kier alpha value is -3.60. The van der Waals surface area contributed by atoms with E-state index in [1.807, 2.05) is 18.3 Å². The Morgan fingerprint density at radius 3 is 2.68 bits per heavy atom. The Morgan fingerprint density at radius 2 is 1.94 bits per heavy atom. The largest absolute Gasteiger partial charge is 0.465 e. The van der Waals surface area contributed by atoms with Crippen LogP contribution in [0.15, 0.2) is 60.9 Å². The van der Waals surface area contributed by atoms with E-state index in [2.05, 4.69) is 71.4 Å². The first kappa shape index (κ1) is 19.4. The van der Waals surface area contributed by atoms with E-state index in [1.54, 1.807) is 0 Å². The number of hydrogen-bond acceptors (Lipinski definition) is 4. The minimum absolute atomic E-state index is 0.376. The van der Waals surface area contributed by atoms with Crippen molar-refractivity contribution in [3.63, 3.8) is 0 Å². The van der Waals surface area contributed by atoms with E-state index in [-0.39, 0.29) is 5.97 Å². The average molecular weight is 412 g/mol. The number of anilines is 2. The van der Waals surface area contributed by atoms with Gasteiger partial charge in [-0.05, 0) is 66.6 Å². The van der Waals surface area contributed by atoms with Crippen molar-refractivity contribution in [2.24, 2.45) is 7.05 Å². The second-order valence-corrected chi connectivity index (χ2v) is 8.26. The maximum Gasteiger partial charge on any atom is 0.341 e. The van der Waals surface area contributed by atoms with Gasteiger partial charge in [-0.25, -0.2) is 9.78 Å². The second kappa shape index (κ2) is 7.58. The summed E-state index contributed by atoms with van der Waals surface area (Å²) in [5, 5.41) is 4.50. The van der Waals surface area contributed by atoms with Gasteiger partial charge < -0.3 is 14.6 Å². The van der Waals surface area contributed by atoms with Crippen LogP contribution in [0.3, 0.4) is 0 Å². The van der Waals surface area contributed by atoms with E-state index in [9.17, 15) is 4.79 Å². The summed E-state index contributed by atoms with van der Waals surface area (Å²) in [6.07, 6.45) is 6.34. The van der Waals surface area contributed by atoms with Gasteiger partial charge in [-0.2, -0.15) is 0 Å². The second-order valence-electron chi connectivity index (χ2n) is 8.26. The molecule has 2 aromatic heterocycles. The van der Waals surface area contributed by atoms with Crippen molar-refractivity contribution in [1.82, 2.24) is 9.55 Å². The number of ether oxygens (including phenoxy) is 1. The number of carbonyl (C=O) groups excluding carboxylic acids is 1. The van der Waals surface area contributed by atoms with Crippen LogP contribution in [-0.4, -0.2) is 22.6 Å². The SMILES string of the molecule is COC(=O)c1cc(C2CC2)cnc1Nc1ccc2c(c1)c(-c1ccccc1C)cn2C. The number of benzene rings is 2. The summed E-state index contributed by atoms with van der Waals surface area (Å²) in [6, 6.07) is 16.5. The molecule has 0 amide bonds. The third kappa shape index (κ3) is 3.56. The lowest BCUT2D eigenvalue weighted by Crippen LogP contribution is -2.08. The fraction of sp³-hybridized carbons (Fsp3) is 0.231. The number of aryl methyl sites for hydroxylation is 2. The summed E-state index contributed by atoms with van der Waals surface area (Å²) in [5.41, 5.74) is 7.24. The molecule has 5 heteroatoms. The van der Waals surface area contributed by atoms with Gasteiger partial charge in [-0.1, -0.05) is 24.3 Å². The lowest BCUT2D eigenvalue weighted by molar-refractivity contribution is 0.0601. The van der Waals surface area contributed by atoms with Crippen molar-refractivity contribution in [1.29, 1.82) is 0 Å². The molecule has 4 aromatic rings. The van der Waals surface area contributed by atoms with Gasteiger partial charge in [0.2, 0.25) is 0 Å². The summed E-state index contributed by atoms with van der Waals surface area (Å²) in [6.45, 7) is 2.13. The van der Waals surface area contributed by atoms with Crippen molar-refractivity contribution in [2.45, 2.75) is 25.7 Å². The number of hydrogen-bond donors (Lipinski definition) is 1. The van der Waals surface area contributed by atoms with Gasteiger partial charge in [0, 0.05) is 41.6 Å². The number of aromatic nitrogens is 2. The summed E-state index contributed by atoms with van der Waals surface area (Å²) in [4.78, 5) is 17.0. The van der Waals surface area contributed by atoms with Crippen LogP contribution >= 0.6 is 0 Å². The summed E-state index contributed by atoms with van der Waals surface area (Å²) >= 11 is 0. The van der Waals surface area contributed by atoms with E-state index in [0.717, 1.165) is 35.0 Å². The van der Waals surface area contributed by atoms with Crippen LogP contribution in [0, 0.1) is 6.92 Å². The van der Waals surface area contributed by atoms with Gasteiger partial charge in [0.1, 0.15) is 11.4 Å². The third-order valence-electron chi connectivity index (χ3n) is 6.05. The molecule has 0 aliphatic heterocycles. The smallest absolute Gasteiger partial charge is 0.341 e. The standard InChI is InChI=1S/C26H25N3O2/c1-16-6-4-5-7-20(16)23-15-29(2)24-11-10-19(13-21(23)24)28-25-22(26(30)31-3)12-18(14-27-25)17-8-9-17/h4-7,10-15,17H,8-9H2,1-3H3,(H,27,28). The Balaban J connectivity index is 1.57. The van der Waals surface area contributed by atoms with Gasteiger partial charge in [0.25, 0.3) is 0 Å². The van der Waals surface area contributed by atoms with Crippen LogP contribution in [0.2, 0.25) is 0 Å². The molecule has 31 heavy (non-hydrogen) atoms. The Labute approximate surface area is 181 Å². The van der Waals surface area contributed by atoms with E-state index in [0.29, 0.717) is 17.3 Å². The Kier molecular flexibility index (Phi) is 4.74. The maximum atomic E-state index is 12.4. The third-order valence-corrected chi connectivity index (χ3v) is 6.05. The highest BCUT2D eigenvalue weighted by molar-refractivity contribution is 6.00. The highest BCUT2D eigenvalue weighted by Gasteiger charge is 2.26. The zero-order chi connectivity index (χ0) is 21.5. The molecular weight excluding hydrogens is 386 g/mol. The fourth-order valence-electron chi connectivity index (χ4n) is 4.18. The molecule has 2 heterocycles. The van der Waals surface area contributed by atoms with Gasteiger partial charge in [0.15, 0.2) is 0 Å². The molecule has 156 valence electrons. The molecule has 0 bridgehead atoms. The first-order chi connectivity index (χ1) is 15.0. The normalized spacial score (nSPS) is 13.4. The molecule has 1 fully saturated rings. The van der Waals surface area contributed by atoms with Crippen molar-refractivity contribution in [3.05, 3.63) is 77.6 Å². The Bertz CT molecular complexity index is 1300. The quantitative estimate of drug-likeness (QED) is 0.412. The lowest BCUT2D eigenvalue weighted by Gasteiger charge is -2.12. The van der Waals surface area contributed by atoms with Gasteiger partial charge in [-0.15, -0.1) is 0 Å². The summed E-state index contributed by atoms with van der Waals surface area (Å²) < 4.78 is 7.15. The number of rotatable bonds is 5. The summed E-state index contributed by atoms with van der Waals surface area (Å²) in [5.74, 6) is 0.658. The number of esters is 1. The van der Waals surface area contributed by atoms with Crippen molar-refractivity contribution < 1.29 is 9.53 Å². The fourth-order valence-corrected chi connectivity index (χ4v) is 4.18. The van der Waals surface area contributed by atoms with E-state index < -0.39 is 0 Å². The zero-order valence-corrected chi connectivity index (χ0v) is 18.0. The first-order valence-corrected chi connectivity index (χ1v) is 10.6. The molecular formula is C26H25N3O2. The molecule has 5 nitrogen and oxygen atoms in total. The number of nitrogens with zero attached hydrogens (tertiary/aromatic N) is 2. The minimum atomic E-state index is -0.376. The van der Waals surface area contributed by atoms with E-state index >= 15 is 0 Å². The number of pyridine rings is 1. The van der Waals surface area contributed by atoms with Crippen LogP contribution in [0.1, 0.15) is 40.2 Å². The number of methoxy groups -OCH3 is 1. The van der Waals surface area contributed by atoms with Gasteiger partial charge in [0.05, 0.1) is 7.11 Å². The predicted octanol–water partition coefficient (Wildman–Crippen LogP) is 5.96.